The van der Waals surface area contributed by atoms with Gasteiger partial charge in [0.2, 0.25) is 0 Å². The molecule has 0 radical (unpaired) electrons. The molecule has 1 heterocycles. The summed E-state index contributed by atoms with van der Waals surface area (Å²) in [6, 6.07) is 81.1. The highest BCUT2D eigenvalue weighted by Gasteiger charge is 2.42. The van der Waals surface area contributed by atoms with Crippen molar-refractivity contribution in [1.82, 2.24) is 0 Å². The number of hydrogen-bond acceptors (Lipinski definition) is 1. The van der Waals surface area contributed by atoms with Gasteiger partial charge in [0.25, 0.3) is 0 Å². The molecule has 0 fully saturated rings. The van der Waals surface area contributed by atoms with Crippen molar-refractivity contribution in [3.05, 3.63) is 236 Å². The summed E-state index contributed by atoms with van der Waals surface area (Å²) in [4.78, 5) is 7.22. The minimum Gasteiger partial charge on any atom is -0.311 e. The second-order valence-electron chi connectivity index (χ2n) is 14.3. The van der Waals surface area contributed by atoms with Crippen LogP contribution < -0.4 is 4.90 Å². The largest absolute Gasteiger partial charge is 0.311 e. The van der Waals surface area contributed by atoms with E-state index in [9.17, 15) is 0 Å². The van der Waals surface area contributed by atoms with Gasteiger partial charge in [-0.3, -0.25) is 0 Å². The molecule has 1 nitrogen and oxygen atoms in total. The molecule has 9 aromatic carbocycles. The molecule has 0 spiro atoms. The summed E-state index contributed by atoms with van der Waals surface area (Å²) in [5.74, 6) is -0.223. The molecule has 0 atom stereocenters. The Hall–Kier alpha value is -6.94. The Morgan fingerprint density at radius 1 is 0.298 bits per heavy atom. The van der Waals surface area contributed by atoms with Crippen molar-refractivity contribution >= 4 is 27.1 Å². The zero-order valence-electron chi connectivity index (χ0n) is 31.2. The maximum atomic E-state index is 15.2. The zero-order chi connectivity index (χ0) is 38.2. The number of hydrogen-bond donors (Lipinski definition) is 0. The van der Waals surface area contributed by atoms with Crippen molar-refractivity contribution < 1.29 is 4.39 Å². The number of fused-ring (bicyclic) bond motifs is 3. The molecular formula is C54H38FNS. The number of halogens is 1. The van der Waals surface area contributed by atoms with Gasteiger partial charge in [-0.2, -0.15) is 0 Å². The third-order valence-corrected chi connectivity index (χ3v) is 15.0. The predicted octanol–water partition coefficient (Wildman–Crippen LogP) is 15.6. The van der Waals surface area contributed by atoms with Crippen LogP contribution in [0.2, 0.25) is 0 Å². The van der Waals surface area contributed by atoms with Gasteiger partial charge in [-0.1, -0.05) is 140 Å². The van der Waals surface area contributed by atoms with Gasteiger partial charge in [0.05, 0.1) is 0 Å². The lowest BCUT2D eigenvalue weighted by Crippen LogP contribution is -2.09. The highest BCUT2D eigenvalue weighted by atomic mass is 32.3. The van der Waals surface area contributed by atoms with Crippen LogP contribution in [0.4, 0.5) is 21.5 Å². The Morgan fingerprint density at radius 3 is 1.07 bits per heavy atom. The molecule has 0 saturated carbocycles. The van der Waals surface area contributed by atoms with Gasteiger partial charge in [-0.15, -0.1) is 10.0 Å². The van der Waals surface area contributed by atoms with E-state index in [-0.39, 0.29) is 5.82 Å². The van der Waals surface area contributed by atoms with E-state index >= 15 is 4.39 Å². The summed E-state index contributed by atoms with van der Waals surface area (Å²) in [6.45, 7) is 0. The van der Waals surface area contributed by atoms with Crippen LogP contribution in [0.5, 0.6) is 0 Å². The molecular weight excluding hydrogens is 714 g/mol. The van der Waals surface area contributed by atoms with E-state index < -0.39 is 10.0 Å². The second-order valence-corrected chi connectivity index (χ2v) is 17.3. The van der Waals surface area contributed by atoms with Crippen LogP contribution in [0.15, 0.2) is 250 Å². The van der Waals surface area contributed by atoms with E-state index in [2.05, 4.69) is 205 Å². The molecule has 9 aromatic rings. The molecule has 0 saturated heterocycles. The van der Waals surface area contributed by atoms with Crippen molar-refractivity contribution in [2.24, 2.45) is 0 Å². The van der Waals surface area contributed by atoms with Crippen LogP contribution in [0, 0.1) is 5.82 Å². The Kier molecular flexibility index (Phi) is 8.86. The first-order valence-corrected chi connectivity index (χ1v) is 20.9. The van der Waals surface area contributed by atoms with E-state index in [1.54, 1.807) is 12.1 Å². The molecule has 0 unspecified atom stereocenters. The van der Waals surface area contributed by atoms with Crippen LogP contribution in [0.25, 0.3) is 44.5 Å². The predicted molar refractivity (Wildman–Crippen MR) is 236 cm³/mol. The van der Waals surface area contributed by atoms with Crippen molar-refractivity contribution in [3.63, 3.8) is 0 Å². The van der Waals surface area contributed by atoms with Gasteiger partial charge in [0.15, 0.2) is 0 Å². The van der Waals surface area contributed by atoms with Gasteiger partial charge in [-0.25, -0.2) is 4.39 Å². The van der Waals surface area contributed by atoms with Crippen LogP contribution in [-0.4, -0.2) is 0 Å². The van der Waals surface area contributed by atoms with Gasteiger partial charge in [0, 0.05) is 36.6 Å². The summed E-state index contributed by atoms with van der Waals surface area (Å²) in [5, 5.41) is 0. The molecule has 0 bridgehead atoms. The van der Waals surface area contributed by atoms with E-state index in [4.69, 9.17) is 0 Å². The number of nitrogens with zero attached hydrogens (tertiary/aromatic N) is 1. The molecule has 0 amide bonds. The Labute approximate surface area is 335 Å². The second kappa shape index (κ2) is 14.6. The Bertz CT molecular complexity index is 2680. The monoisotopic (exact) mass is 751 g/mol. The molecule has 0 aliphatic carbocycles. The highest BCUT2D eigenvalue weighted by Crippen LogP contribution is 2.80. The normalized spacial score (nSPS) is 13.0. The molecule has 1 aliphatic rings. The lowest BCUT2D eigenvalue weighted by molar-refractivity contribution is 0.627. The first kappa shape index (κ1) is 34.5. The van der Waals surface area contributed by atoms with Gasteiger partial charge in [0.1, 0.15) is 5.82 Å². The van der Waals surface area contributed by atoms with Crippen molar-refractivity contribution in [2.75, 3.05) is 4.90 Å². The molecule has 0 N–H and O–H groups in total. The smallest absolute Gasteiger partial charge is 0.123 e. The Balaban J connectivity index is 1.06. The fourth-order valence-corrected chi connectivity index (χ4v) is 12.5. The lowest BCUT2D eigenvalue weighted by Gasteiger charge is -2.39. The van der Waals surface area contributed by atoms with E-state index in [1.165, 1.54) is 41.8 Å². The van der Waals surface area contributed by atoms with E-state index in [0.29, 0.717) is 0 Å². The number of benzene rings is 9. The molecule has 0 aromatic heterocycles. The molecule has 1 aliphatic heterocycles. The quantitative estimate of drug-likeness (QED) is 0.149. The summed E-state index contributed by atoms with van der Waals surface area (Å²) >= 11 is 0. The maximum absolute atomic E-state index is 15.2. The van der Waals surface area contributed by atoms with Gasteiger partial charge >= 0.3 is 0 Å². The van der Waals surface area contributed by atoms with Crippen LogP contribution >= 0.6 is 10.0 Å². The summed E-state index contributed by atoms with van der Waals surface area (Å²) in [5.41, 5.74) is 12.2. The fourth-order valence-electron chi connectivity index (χ4n) is 8.30. The average Bonchev–Trinajstić information content (AvgIpc) is 3.58. The third kappa shape index (κ3) is 6.14. The van der Waals surface area contributed by atoms with Crippen LogP contribution in [0.1, 0.15) is 0 Å². The lowest BCUT2D eigenvalue weighted by atomic mass is 9.98. The molecule has 57 heavy (non-hydrogen) atoms. The SMILES string of the molecule is Fc1ccc2c(c1)-c1cc(-c3ccc(N(c4ccc(-c5ccccc5)cc4)c4ccc(-c5ccccc5)cc4)cc3)ccc1S2(c1ccccc1)c1ccccc1. The topological polar surface area (TPSA) is 3.24 Å². The molecule has 3 heteroatoms. The summed E-state index contributed by atoms with van der Waals surface area (Å²) < 4.78 is 15.2. The summed E-state index contributed by atoms with van der Waals surface area (Å²) in [7, 11) is -1.85. The summed E-state index contributed by atoms with van der Waals surface area (Å²) in [6.07, 6.45) is 0. The first-order chi connectivity index (χ1) is 28.2. The van der Waals surface area contributed by atoms with Crippen LogP contribution in [-0.2, 0) is 0 Å². The number of anilines is 3. The van der Waals surface area contributed by atoms with Gasteiger partial charge < -0.3 is 4.90 Å². The fraction of sp³-hybridized carbons (Fsp3) is 0. The van der Waals surface area contributed by atoms with Crippen molar-refractivity contribution in [1.29, 1.82) is 0 Å². The Morgan fingerprint density at radius 2 is 0.632 bits per heavy atom. The van der Waals surface area contributed by atoms with Gasteiger partial charge in [-0.05, 0) is 136 Å². The van der Waals surface area contributed by atoms with E-state index in [0.717, 1.165) is 39.3 Å². The molecule has 272 valence electrons. The van der Waals surface area contributed by atoms with Crippen LogP contribution in [0.3, 0.4) is 0 Å². The standard InChI is InChI=1S/C54H38FNS/c55-45-28-36-54-52(38-45)51-37-44(27-35-53(51)57(54,49-17-9-3-10-18-49)50-19-11-4-12-20-50)43-25-33-48(34-26-43)56(46-29-21-41(22-30-46)39-13-5-1-6-14-39)47-31-23-42(24-32-47)40-15-7-2-8-16-40/h1-38H. The minimum absolute atomic E-state index is 0.223. The minimum atomic E-state index is -1.85. The van der Waals surface area contributed by atoms with E-state index in [1.807, 2.05) is 18.2 Å². The third-order valence-electron chi connectivity index (χ3n) is 11.0. The maximum Gasteiger partial charge on any atom is 0.123 e. The van der Waals surface area contributed by atoms with Crippen molar-refractivity contribution in [3.8, 4) is 44.5 Å². The average molecular weight is 752 g/mol. The number of rotatable bonds is 8. The van der Waals surface area contributed by atoms with Crippen molar-refractivity contribution in [2.45, 2.75) is 19.6 Å². The highest BCUT2D eigenvalue weighted by molar-refractivity contribution is 8.34. The first-order valence-electron chi connectivity index (χ1n) is 19.3. The molecule has 10 rings (SSSR count). The zero-order valence-corrected chi connectivity index (χ0v) is 32.0.